The summed E-state index contributed by atoms with van der Waals surface area (Å²) in [4.78, 5) is 24.5. The number of benzene rings is 2. The molecule has 29 heavy (non-hydrogen) atoms. The molecule has 1 fully saturated rings. The molecule has 0 atom stereocenters. The van der Waals surface area contributed by atoms with E-state index in [-0.39, 0.29) is 26.7 Å². The molecule has 9 heteroatoms. The highest BCUT2D eigenvalue weighted by Gasteiger charge is 2.29. The van der Waals surface area contributed by atoms with E-state index >= 15 is 0 Å². The Morgan fingerprint density at radius 3 is 2.45 bits per heavy atom. The fourth-order valence-corrected chi connectivity index (χ4v) is 5.18. The van der Waals surface area contributed by atoms with Gasteiger partial charge in [-0.25, -0.2) is 13.2 Å². The number of halogens is 1. The van der Waals surface area contributed by atoms with Crippen LogP contribution in [0.1, 0.15) is 40.0 Å². The number of esters is 1. The quantitative estimate of drug-likeness (QED) is 0.723. The molecule has 1 aliphatic heterocycles. The maximum atomic E-state index is 13.0. The topological polar surface area (TPSA) is 92.8 Å². The summed E-state index contributed by atoms with van der Waals surface area (Å²) in [5.74, 6) is -1.15. The molecule has 2 aromatic rings. The Labute approximate surface area is 174 Å². The van der Waals surface area contributed by atoms with Crippen molar-refractivity contribution in [2.75, 3.05) is 25.5 Å². The third kappa shape index (κ3) is 4.60. The summed E-state index contributed by atoms with van der Waals surface area (Å²) < 4.78 is 32.1. The lowest BCUT2D eigenvalue weighted by Gasteiger charge is -2.26. The van der Waals surface area contributed by atoms with Gasteiger partial charge in [0.15, 0.2) is 0 Å². The van der Waals surface area contributed by atoms with Gasteiger partial charge in [0.25, 0.3) is 5.91 Å². The highest BCUT2D eigenvalue weighted by molar-refractivity contribution is 7.89. The van der Waals surface area contributed by atoms with E-state index in [1.54, 1.807) is 18.2 Å². The Hall–Kier alpha value is -2.42. The number of sulfonamides is 1. The summed E-state index contributed by atoms with van der Waals surface area (Å²) in [5, 5.41) is 2.69. The Bertz CT molecular complexity index is 1030. The second-order valence-electron chi connectivity index (χ2n) is 6.60. The Morgan fingerprint density at radius 1 is 1.07 bits per heavy atom. The van der Waals surface area contributed by atoms with Crippen LogP contribution in [0.5, 0.6) is 0 Å². The van der Waals surface area contributed by atoms with Crippen LogP contribution in [-0.2, 0) is 14.8 Å². The molecular formula is C20H21ClN2O5S. The average Bonchev–Trinajstić information content (AvgIpc) is 2.74. The van der Waals surface area contributed by atoms with Crippen LogP contribution in [0.4, 0.5) is 5.69 Å². The maximum absolute atomic E-state index is 13.0. The van der Waals surface area contributed by atoms with Gasteiger partial charge in [0.2, 0.25) is 10.0 Å². The van der Waals surface area contributed by atoms with Crippen molar-refractivity contribution >= 4 is 39.2 Å². The van der Waals surface area contributed by atoms with E-state index in [4.69, 9.17) is 16.3 Å². The zero-order valence-corrected chi connectivity index (χ0v) is 17.4. The lowest BCUT2D eigenvalue weighted by molar-refractivity contribution is 0.0602. The van der Waals surface area contributed by atoms with Crippen molar-refractivity contribution in [3.05, 3.63) is 58.6 Å². The van der Waals surface area contributed by atoms with Gasteiger partial charge in [-0.15, -0.1) is 0 Å². The minimum absolute atomic E-state index is 0.0575. The van der Waals surface area contributed by atoms with Crippen LogP contribution in [0.15, 0.2) is 47.4 Å². The van der Waals surface area contributed by atoms with Crippen LogP contribution in [0.25, 0.3) is 0 Å². The summed E-state index contributed by atoms with van der Waals surface area (Å²) in [6, 6.07) is 10.5. The van der Waals surface area contributed by atoms with Crippen molar-refractivity contribution in [2.45, 2.75) is 24.2 Å². The van der Waals surface area contributed by atoms with Gasteiger partial charge in [0.1, 0.15) is 4.90 Å². The smallest absolute Gasteiger partial charge is 0.339 e. The van der Waals surface area contributed by atoms with Crippen LogP contribution < -0.4 is 5.32 Å². The van der Waals surface area contributed by atoms with Gasteiger partial charge in [-0.3, -0.25) is 4.79 Å². The van der Waals surface area contributed by atoms with E-state index in [2.05, 4.69) is 5.32 Å². The number of para-hydroxylation sites is 1. The van der Waals surface area contributed by atoms with Gasteiger partial charge in [0, 0.05) is 18.7 Å². The highest BCUT2D eigenvalue weighted by atomic mass is 35.5. The number of carbonyl (C=O) groups excluding carboxylic acids is 2. The molecule has 0 spiro atoms. The lowest BCUT2D eigenvalue weighted by atomic mass is 10.1. The number of anilines is 1. The summed E-state index contributed by atoms with van der Waals surface area (Å²) in [5.41, 5.74) is 0.572. The van der Waals surface area contributed by atoms with Gasteiger partial charge in [0.05, 0.1) is 23.4 Å². The number of piperidine rings is 1. The summed E-state index contributed by atoms with van der Waals surface area (Å²) in [7, 11) is -2.55. The first-order chi connectivity index (χ1) is 13.8. The van der Waals surface area contributed by atoms with Crippen molar-refractivity contribution < 1.29 is 22.7 Å². The van der Waals surface area contributed by atoms with Crippen LogP contribution in [0.3, 0.4) is 0 Å². The maximum Gasteiger partial charge on any atom is 0.339 e. The van der Waals surface area contributed by atoms with Gasteiger partial charge >= 0.3 is 5.97 Å². The van der Waals surface area contributed by atoms with Crippen molar-refractivity contribution in [3.63, 3.8) is 0 Å². The molecule has 1 N–H and O–H groups in total. The second kappa shape index (κ2) is 8.94. The van der Waals surface area contributed by atoms with Gasteiger partial charge in [-0.2, -0.15) is 4.31 Å². The molecule has 154 valence electrons. The van der Waals surface area contributed by atoms with Gasteiger partial charge < -0.3 is 10.1 Å². The van der Waals surface area contributed by atoms with E-state index < -0.39 is 21.9 Å². The standard InChI is InChI=1S/C20H21ClN2O5S/c1-28-20(25)15-7-3-4-8-17(15)22-19(24)14-9-10-16(21)18(13-14)29(26,27)23-11-5-2-6-12-23/h3-4,7-10,13H,2,5-6,11-12H2,1H3,(H,22,24). The molecule has 0 saturated carbocycles. The van der Waals surface area contributed by atoms with E-state index in [1.165, 1.54) is 35.7 Å². The molecular weight excluding hydrogens is 416 g/mol. The van der Waals surface area contributed by atoms with E-state index in [9.17, 15) is 18.0 Å². The number of hydrogen-bond acceptors (Lipinski definition) is 5. The molecule has 0 aromatic heterocycles. The first-order valence-electron chi connectivity index (χ1n) is 9.13. The number of nitrogens with zero attached hydrogens (tertiary/aromatic N) is 1. The predicted molar refractivity (Wildman–Crippen MR) is 110 cm³/mol. The monoisotopic (exact) mass is 436 g/mol. The zero-order valence-electron chi connectivity index (χ0n) is 15.9. The second-order valence-corrected chi connectivity index (χ2v) is 8.91. The van der Waals surface area contributed by atoms with Gasteiger partial charge in [-0.1, -0.05) is 30.2 Å². The van der Waals surface area contributed by atoms with Crippen molar-refractivity contribution in [1.82, 2.24) is 4.31 Å². The minimum Gasteiger partial charge on any atom is -0.465 e. The van der Waals surface area contributed by atoms with Crippen LogP contribution in [-0.4, -0.2) is 44.8 Å². The number of rotatable bonds is 5. The third-order valence-corrected chi connectivity index (χ3v) is 7.09. The van der Waals surface area contributed by atoms with E-state index in [1.807, 2.05) is 0 Å². The molecule has 2 aromatic carbocycles. The summed E-state index contributed by atoms with van der Waals surface area (Å²) in [6.07, 6.45) is 2.57. The first kappa shape index (κ1) is 21.3. The largest absolute Gasteiger partial charge is 0.465 e. The number of nitrogens with one attached hydrogen (secondary N) is 1. The normalized spacial score (nSPS) is 15.0. The fourth-order valence-electron chi connectivity index (χ4n) is 3.16. The number of ether oxygens (including phenoxy) is 1. The summed E-state index contributed by atoms with van der Waals surface area (Å²) in [6.45, 7) is 0.864. The average molecular weight is 437 g/mol. The number of amides is 1. The summed E-state index contributed by atoms with van der Waals surface area (Å²) >= 11 is 6.15. The Morgan fingerprint density at radius 2 is 1.76 bits per heavy atom. The number of carbonyl (C=O) groups is 2. The molecule has 0 unspecified atom stereocenters. The molecule has 0 radical (unpaired) electrons. The van der Waals surface area contributed by atoms with Crippen LogP contribution in [0, 0.1) is 0 Å². The molecule has 1 aliphatic rings. The number of methoxy groups -OCH3 is 1. The zero-order chi connectivity index (χ0) is 21.0. The molecule has 0 bridgehead atoms. The molecule has 0 aliphatic carbocycles. The molecule has 1 saturated heterocycles. The van der Waals surface area contributed by atoms with Gasteiger partial charge in [-0.05, 0) is 43.2 Å². The minimum atomic E-state index is -3.80. The van der Waals surface area contributed by atoms with Crippen molar-refractivity contribution in [3.8, 4) is 0 Å². The molecule has 3 rings (SSSR count). The third-order valence-electron chi connectivity index (χ3n) is 4.71. The lowest BCUT2D eigenvalue weighted by Crippen LogP contribution is -2.35. The Kier molecular flexibility index (Phi) is 6.56. The SMILES string of the molecule is COC(=O)c1ccccc1NC(=O)c1ccc(Cl)c(S(=O)(=O)N2CCCCC2)c1. The fraction of sp³-hybridized carbons (Fsp3) is 0.300. The Balaban J connectivity index is 1.90. The predicted octanol–water partition coefficient (Wildman–Crippen LogP) is 3.55. The van der Waals surface area contributed by atoms with Crippen molar-refractivity contribution in [2.24, 2.45) is 0 Å². The highest BCUT2D eigenvalue weighted by Crippen LogP contribution is 2.28. The molecule has 1 heterocycles. The van der Waals surface area contributed by atoms with E-state index in [0.29, 0.717) is 13.1 Å². The van der Waals surface area contributed by atoms with Crippen molar-refractivity contribution in [1.29, 1.82) is 0 Å². The molecule has 7 nitrogen and oxygen atoms in total. The van der Waals surface area contributed by atoms with E-state index in [0.717, 1.165) is 19.3 Å². The van der Waals surface area contributed by atoms with Crippen LogP contribution in [0.2, 0.25) is 5.02 Å². The number of hydrogen-bond donors (Lipinski definition) is 1. The molecule has 1 amide bonds. The van der Waals surface area contributed by atoms with Crippen LogP contribution >= 0.6 is 11.6 Å². The first-order valence-corrected chi connectivity index (χ1v) is 10.9.